The van der Waals surface area contributed by atoms with Gasteiger partial charge >= 0.3 is 5.97 Å². The first kappa shape index (κ1) is 23.0. The van der Waals surface area contributed by atoms with Crippen LogP contribution in [0.2, 0.25) is 0 Å². The summed E-state index contributed by atoms with van der Waals surface area (Å²) in [6.45, 7) is 6.73. The number of nitrogens with one attached hydrogen (secondary N) is 2. The van der Waals surface area contributed by atoms with Crippen LogP contribution in [0.4, 0.5) is 4.39 Å². The van der Waals surface area contributed by atoms with Crippen molar-refractivity contribution < 1.29 is 13.9 Å². The van der Waals surface area contributed by atoms with Crippen molar-refractivity contribution in [2.24, 2.45) is 5.41 Å². The molecule has 0 amide bonds. The Morgan fingerprint density at radius 3 is 2.48 bits per heavy atom. The summed E-state index contributed by atoms with van der Waals surface area (Å²) in [7, 11) is 1.35. The second-order valence-corrected chi connectivity index (χ2v) is 9.73. The molecule has 6 heteroatoms. The molecule has 0 unspecified atom stereocenters. The van der Waals surface area contributed by atoms with Crippen molar-refractivity contribution in [2.45, 2.75) is 59.3 Å². The van der Waals surface area contributed by atoms with E-state index in [1.54, 1.807) is 24.3 Å². The van der Waals surface area contributed by atoms with Crippen molar-refractivity contribution in [1.29, 1.82) is 0 Å². The number of H-pyrrole nitrogens is 2. The van der Waals surface area contributed by atoms with E-state index in [2.05, 4.69) is 28.8 Å². The molecule has 0 spiro atoms. The Labute approximate surface area is 193 Å². The van der Waals surface area contributed by atoms with Gasteiger partial charge in [0.15, 0.2) is 0 Å². The Hall–Kier alpha value is -3.15. The molecule has 33 heavy (non-hydrogen) atoms. The Morgan fingerprint density at radius 1 is 1.06 bits per heavy atom. The summed E-state index contributed by atoms with van der Waals surface area (Å²) >= 11 is 0. The van der Waals surface area contributed by atoms with Gasteiger partial charge in [0, 0.05) is 23.0 Å². The fourth-order valence-corrected chi connectivity index (χ4v) is 4.65. The smallest absolute Gasteiger partial charge is 0.337 e. The molecule has 1 saturated carbocycles. The van der Waals surface area contributed by atoms with E-state index in [1.165, 1.54) is 51.3 Å². The van der Waals surface area contributed by atoms with E-state index < -0.39 is 0 Å². The van der Waals surface area contributed by atoms with Crippen molar-refractivity contribution in [3.05, 3.63) is 64.9 Å². The third kappa shape index (κ3) is 5.27. The number of ether oxygens (including phenoxy) is 1. The summed E-state index contributed by atoms with van der Waals surface area (Å²) in [6.07, 6.45) is 7.85. The Kier molecular flexibility index (Phi) is 6.54. The van der Waals surface area contributed by atoms with Crippen LogP contribution >= 0.6 is 0 Å². The van der Waals surface area contributed by atoms with Gasteiger partial charge in [-0.3, -0.25) is 0 Å². The maximum atomic E-state index is 13.6. The van der Waals surface area contributed by atoms with E-state index in [0.29, 0.717) is 17.4 Å². The number of halogens is 1. The molecular formula is C27H32FN3O2. The van der Waals surface area contributed by atoms with E-state index in [1.807, 2.05) is 6.92 Å². The number of aryl methyl sites for hydroxylation is 1. The summed E-state index contributed by atoms with van der Waals surface area (Å²) in [5.41, 5.74) is 5.57. The van der Waals surface area contributed by atoms with Crippen molar-refractivity contribution in [1.82, 2.24) is 15.0 Å². The highest BCUT2D eigenvalue weighted by atomic mass is 19.1. The van der Waals surface area contributed by atoms with Crippen molar-refractivity contribution in [2.75, 3.05) is 7.11 Å². The summed E-state index contributed by atoms with van der Waals surface area (Å²) < 4.78 is 18.3. The number of aromatic nitrogens is 3. The molecule has 0 bridgehead atoms. The lowest BCUT2D eigenvalue weighted by Gasteiger charge is -2.28. The zero-order valence-electron chi connectivity index (χ0n) is 19.8. The standard InChI is InChI=1S/C19H16FN3O2.C8H16/c1-10-13(14-8-12(20)4-6-15(14)21-10)9-18-22-16-5-3-11(19(24)25-2)7-17(16)23-18;1-8(2)6-4-3-5-7-8/h3-8,21H,9H2,1-2H3,(H,22,23);3-7H2,1-2H3. The van der Waals surface area contributed by atoms with Crippen LogP contribution in [-0.2, 0) is 11.2 Å². The number of carbonyl (C=O) groups excluding carboxylic acids is 1. The van der Waals surface area contributed by atoms with Gasteiger partial charge in [0.2, 0.25) is 0 Å². The predicted molar refractivity (Wildman–Crippen MR) is 130 cm³/mol. The van der Waals surface area contributed by atoms with Gasteiger partial charge in [0.1, 0.15) is 11.6 Å². The minimum absolute atomic E-state index is 0.264. The molecule has 0 atom stereocenters. The molecule has 1 aliphatic carbocycles. The second kappa shape index (κ2) is 9.38. The number of nitrogens with zero attached hydrogens (tertiary/aromatic N) is 1. The van der Waals surface area contributed by atoms with Gasteiger partial charge in [0.25, 0.3) is 0 Å². The van der Waals surface area contributed by atoms with Crippen molar-refractivity contribution >= 4 is 27.9 Å². The van der Waals surface area contributed by atoms with Crippen LogP contribution in [0.1, 0.15) is 73.4 Å². The minimum Gasteiger partial charge on any atom is -0.465 e. The lowest BCUT2D eigenvalue weighted by atomic mass is 9.78. The largest absolute Gasteiger partial charge is 0.465 e. The number of hydrogen-bond acceptors (Lipinski definition) is 3. The van der Waals surface area contributed by atoms with E-state index in [4.69, 9.17) is 4.74 Å². The number of benzene rings is 2. The van der Waals surface area contributed by atoms with Crippen LogP contribution < -0.4 is 0 Å². The quantitative estimate of drug-likeness (QED) is 0.336. The van der Waals surface area contributed by atoms with Crippen molar-refractivity contribution in [3.8, 4) is 0 Å². The minimum atomic E-state index is -0.388. The van der Waals surface area contributed by atoms with Gasteiger partial charge in [-0.2, -0.15) is 0 Å². The molecule has 2 heterocycles. The Morgan fingerprint density at radius 2 is 1.82 bits per heavy atom. The summed E-state index contributed by atoms with van der Waals surface area (Å²) in [5.74, 6) is 0.103. The van der Waals surface area contributed by atoms with Crippen LogP contribution in [0.3, 0.4) is 0 Å². The molecule has 4 aromatic rings. The number of carbonyl (C=O) groups is 1. The van der Waals surface area contributed by atoms with Crippen molar-refractivity contribution in [3.63, 3.8) is 0 Å². The van der Waals surface area contributed by atoms with E-state index in [0.717, 1.165) is 39.0 Å². The summed E-state index contributed by atoms with van der Waals surface area (Å²) in [6, 6.07) is 9.90. The molecule has 1 aliphatic rings. The summed E-state index contributed by atoms with van der Waals surface area (Å²) in [4.78, 5) is 22.7. The van der Waals surface area contributed by atoms with E-state index in [9.17, 15) is 9.18 Å². The van der Waals surface area contributed by atoms with Crippen LogP contribution in [0, 0.1) is 18.2 Å². The van der Waals surface area contributed by atoms with Gasteiger partial charge in [-0.1, -0.05) is 33.1 Å². The SMILES string of the molecule is CC1(C)CCCCC1.COC(=O)c1ccc2nc(Cc3c(C)[nH]c4ccc(F)cc34)[nH]c2c1. The number of fused-ring (bicyclic) bond motifs is 2. The molecular weight excluding hydrogens is 417 g/mol. The topological polar surface area (TPSA) is 70.8 Å². The van der Waals surface area contributed by atoms with Gasteiger partial charge in [0.05, 0.1) is 23.7 Å². The monoisotopic (exact) mass is 449 g/mol. The molecule has 0 saturated heterocycles. The normalized spacial score (nSPS) is 15.3. The fourth-order valence-electron chi connectivity index (χ4n) is 4.65. The number of rotatable bonds is 3. The van der Waals surface area contributed by atoms with Gasteiger partial charge < -0.3 is 14.7 Å². The molecule has 1 fully saturated rings. The molecule has 5 nitrogen and oxygen atoms in total. The highest BCUT2D eigenvalue weighted by Gasteiger charge is 2.20. The van der Waals surface area contributed by atoms with Gasteiger partial charge in [-0.25, -0.2) is 14.2 Å². The molecule has 174 valence electrons. The first-order valence-electron chi connectivity index (χ1n) is 11.6. The highest BCUT2D eigenvalue weighted by Crippen LogP contribution is 2.34. The molecule has 0 radical (unpaired) electrons. The average Bonchev–Trinajstić information content (AvgIpc) is 3.33. The molecule has 0 aliphatic heterocycles. The first-order chi connectivity index (χ1) is 15.8. The number of methoxy groups -OCH3 is 1. The molecule has 2 N–H and O–H groups in total. The van der Waals surface area contributed by atoms with Crippen LogP contribution in [0.15, 0.2) is 36.4 Å². The zero-order valence-corrected chi connectivity index (χ0v) is 19.8. The zero-order chi connectivity index (χ0) is 23.6. The highest BCUT2D eigenvalue weighted by molar-refractivity contribution is 5.93. The van der Waals surface area contributed by atoms with Crippen LogP contribution in [-0.4, -0.2) is 28.0 Å². The van der Waals surface area contributed by atoms with E-state index in [-0.39, 0.29) is 11.8 Å². The number of aromatic amines is 2. The lowest BCUT2D eigenvalue weighted by molar-refractivity contribution is 0.0601. The molecule has 5 rings (SSSR count). The van der Waals surface area contributed by atoms with Gasteiger partial charge in [-0.15, -0.1) is 0 Å². The van der Waals surface area contributed by atoms with Gasteiger partial charge in [-0.05, 0) is 67.1 Å². The van der Waals surface area contributed by atoms with Crippen LogP contribution in [0.25, 0.3) is 21.9 Å². The lowest BCUT2D eigenvalue weighted by Crippen LogP contribution is -2.14. The molecule has 2 aromatic carbocycles. The predicted octanol–water partition coefficient (Wildman–Crippen LogP) is 6.85. The third-order valence-electron chi connectivity index (χ3n) is 6.58. The summed E-state index contributed by atoms with van der Waals surface area (Å²) in [5, 5.41) is 0.855. The molecule has 2 aromatic heterocycles. The number of imidazole rings is 1. The second-order valence-electron chi connectivity index (χ2n) is 9.73. The number of esters is 1. The number of hydrogen-bond donors (Lipinski definition) is 2. The van der Waals surface area contributed by atoms with E-state index >= 15 is 0 Å². The fraction of sp³-hybridized carbons (Fsp3) is 0.407. The first-order valence-corrected chi connectivity index (χ1v) is 11.6. The Balaban J connectivity index is 0.000000275. The Bertz CT molecular complexity index is 1280. The maximum absolute atomic E-state index is 13.6. The third-order valence-corrected chi connectivity index (χ3v) is 6.58. The average molecular weight is 450 g/mol. The van der Waals surface area contributed by atoms with Crippen LogP contribution in [0.5, 0.6) is 0 Å². The maximum Gasteiger partial charge on any atom is 0.337 e.